The summed E-state index contributed by atoms with van der Waals surface area (Å²) in [5.74, 6) is 0.996. The molecule has 1 heterocycles. The Balaban J connectivity index is 2.14. The number of ether oxygens (including phenoxy) is 1. The molecule has 0 saturated carbocycles. The highest BCUT2D eigenvalue weighted by molar-refractivity contribution is 5.74. The average Bonchev–Trinajstić information content (AvgIpc) is 2.40. The predicted octanol–water partition coefficient (Wildman–Crippen LogP) is 2.56. The lowest BCUT2D eigenvalue weighted by Crippen LogP contribution is -1.88. The van der Waals surface area contributed by atoms with Crippen molar-refractivity contribution >= 4 is 6.29 Å². The third-order valence-corrected chi connectivity index (χ3v) is 2.10. The molecule has 0 N–H and O–H groups in total. The molecule has 2 aromatic rings. The summed E-state index contributed by atoms with van der Waals surface area (Å²) in [7, 11) is 0. The second kappa shape index (κ2) is 4.90. The van der Waals surface area contributed by atoms with Gasteiger partial charge in [-0.3, -0.25) is 4.79 Å². The molecule has 0 aliphatic heterocycles. The Bertz CT molecular complexity index is 553. The molecule has 0 amide bonds. The maximum atomic E-state index is 10.5. The number of nitrogens with zero attached hydrogens (tertiary/aromatic N) is 2. The van der Waals surface area contributed by atoms with Crippen molar-refractivity contribution in [1.29, 1.82) is 5.26 Å². The van der Waals surface area contributed by atoms with E-state index >= 15 is 0 Å². The number of pyridine rings is 1. The minimum atomic E-state index is 0.405. The molecule has 0 radical (unpaired) electrons. The van der Waals surface area contributed by atoms with E-state index in [1.165, 1.54) is 6.20 Å². The molecule has 0 saturated heterocycles. The molecule has 0 spiro atoms. The van der Waals surface area contributed by atoms with Crippen molar-refractivity contribution in [1.82, 2.24) is 4.98 Å². The molecule has 0 aliphatic carbocycles. The van der Waals surface area contributed by atoms with Crippen LogP contribution in [0.3, 0.4) is 0 Å². The number of aldehydes is 1. The van der Waals surface area contributed by atoms with Crippen molar-refractivity contribution in [3.63, 3.8) is 0 Å². The number of carbonyl (C=O) groups excluding carboxylic acids is 1. The number of hydrogen-bond donors (Lipinski definition) is 0. The van der Waals surface area contributed by atoms with Crippen LogP contribution >= 0.6 is 0 Å². The van der Waals surface area contributed by atoms with Crippen LogP contribution in [0.5, 0.6) is 11.6 Å². The van der Waals surface area contributed by atoms with E-state index in [4.69, 9.17) is 10.00 Å². The van der Waals surface area contributed by atoms with Crippen LogP contribution in [0.1, 0.15) is 15.9 Å². The zero-order chi connectivity index (χ0) is 12.1. The molecule has 0 bridgehead atoms. The normalized spacial score (nSPS) is 9.35. The van der Waals surface area contributed by atoms with Gasteiger partial charge < -0.3 is 4.74 Å². The first-order valence-electron chi connectivity index (χ1n) is 4.91. The zero-order valence-electron chi connectivity index (χ0n) is 8.83. The smallest absolute Gasteiger partial charge is 0.219 e. The quantitative estimate of drug-likeness (QED) is 0.751. The van der Waals surface area contributed by atoms with Crippen molar-refractivity contribution in [3.8, 4) is 17.7 Å². The van der Waals surface area contributed by atoms with Gasteiger partial charge in [-0.15, -0.1) is 0 Å². The summed E-state index contributed by atoms with van der Waals surface area (Å²) in [6, 6.07) is 11.9. The second-order valence-corrected chi connectivity index (χ2v) is 3.29. The molecule has 4 nitrogen and oxygen atoms in total. The fraction of sp³-hybridized carbons (Fsp3) is 0. The Hall–Kier alpha value is -2.67. The molecule has 1 aromatic carbocycles. The summed E-state index contributed by atoms with van der Waals surface area (Å²) in [5.41, 5.74) is 1.07. The monoisotopic (exact) mass is 224 g/mol. The van der Waals surface area contributed by atoms with E-state index in [1.807, 2.05) is 6.07 Å². The Morgan fingerprint density at radius 3 is 2.47 bits per heavy atom. The van der Waals surface area contributed by atoms with Crippen molar-refractivity contribution in [2.24, 2.45) is 0 Å². The van der Waals surface area contributed by atoms with E-state index in [-0.39, 0.29) is 0 Å². The number of carbonyl (C=O) groups is 1. The van der Waals surface area contributed by atoms with Gasteiger partial charge in [0.1, 0.15) is 18.1 Å². The van der Waals surface area contributed by atoms with Crippen LogP contribution in [0.15, 0.2) is 42.6 Å². The second-order valence-electron chi connectivity index (χ2n) is 3.29. The van der Waals surface area contributed by atoms with E-state index in [0.717, 1.165) is 6.29 Å². The summed E-state index contributed by atoms with van der Waals surface area (Å²) in [4.78, 5) is 14.4. The van der Waals surface area contributed by atoms with Gasteiger partial charge in [-0.05, 0) is 30.3 Å². The number of nitriles is 1. The van der Waals surface area contributed by atoms with Gasteiger partial charge in [0, 0.05) is 17.8 Å². The van der Waals surface area contributed by atoms with Crippen LogP contribution in [-0.2, 0) is 0 Å². The first-order valence-corrected chi connectivity index (χ1v) is 4.91. The van der Waals surface area contributed by atoms with Crippen molar-refractivity contribution in [2.45, 2.75) is 0 Å². The van der Waals surface area contributed by atoms with Crippen LogP contribution in [-0.4, -0.2) is 11.3 Å². The van der Waals surface area contributed by atoms with Crippen LogP contribution in [0.25, 0.3) is 0 Å². The highest BCUT2D eigenvalue weighted by Crippen LogP contribution is 2.19. The lowest BCUT2D eigenvalue weighted by molar-refractivity contribution is 0.112. The van der Waals surface area contributed by atoms with Gasteiger partial charge in [-0.1, -0.05) is 0 Å². The lowest BCUT2D eigenvalue weighted by atomic mass is 10.2. The molecule has 0 unspecified atom stereocenters. The fourth-order valence-electron chi connectivity index (χ4n) is 1.24. The lowest BCUT2D eigenvalue weighted by Gasteiger charge is -2.03. The third kappa shape index (κ3) is 2.67. The molecular formula is C13H8N2O2. The molecule has 82 valence electrons. The fourth-order valence-corrected chi connectivity index (χ4v) is 1.24. The largest absolute Gasteiger partial charge is 0.439 e. The van der Waals surface area contributed by atoms with Gasteiger partial charge in [0.05, 0.1) is 5.56 Å². The van der Waals surface area contributed by atoms with Gasteiger partial charge in [-0.25, -0.2) is 4.98 Å². The van der Waals surface area contributed by atoms with E-state index in [9.17, 15) is 4.79 Å². The summed E-state index contributed by atoms with van der Waals surface area (Å²) in [6.45, 7) is 0. The molecular weight excluding hydrogens is 216 g/mol. The van der Waals surface area contributed by atoms with E-state index < -0.39 is 0 Å². The summed E-state index contributed by atoms with van der Waals surface area (Å²) in [6.07, 6.45) is 2.21. The minimum Gasteiger partial charge on any atom is -0.439 e. The van der Waals surface area contributed by atoms with E-state index in [2.05, 4.69) is 4.98 Å². The van der Waals surface area contributed by atoms with Crippen LogP contribution < -0.4 is 4.74 Å². The maximum absolute atomic E-state index is 10.5. The SMILES string of the molecule is N#Cc1ccc(Oc2ccc(C=O)cc2)nc1. The van der Waals surface area contributed by atoms with Crippen molar-refractivity contribution < 1.29 is 9.53 Å². The topological polar surface area (TPSA) is 63.0 Å². The van der Waals surface area contributed by atoms with Crippen molar-refractivity contribution in [3.05, 3.63) is 53.7 Å². The standard InChI is InChI=1S/C13H8N2O2/c14-7-11-3-6-13(15-8-11)17-12-4-1-10(9-16)2-5-12/h1-6,8-9H. The van der Waals surface area contributed by atoms with Gasteiger partial charge in [-0.2, -0.15) is 5.26 Å². The Morgan fingerprint density at radius 1 is 1.18 bits per heavy atom. The number of hydrogen-bond acceptors (Lipinski definition) is 4. The molecule has 17 heavy (non-hydrogen) atoms. The van der Waals surface area contributed by atoms with Gasteiger partial charge in [0.25, 0.3) is 0 Å². The highest BCUT2D eigenvalue weighted by Gasteiger charge is 1.99. The number of aromatic nitrogens is 1. The Morgan fingerprint density at radius 2 is 1.94 bits per heavy atom. The molecule has 0 aliphatic rings. The molecule has 0 atom stereocenters. The summed E-state index contributed by atoms with van der Waals surface area (Å²) < 4.78 is 5.44. The van der Waals surface area contributed by atoms with Crippen molar-refractivity contribution in [2.75, 3.05) is 0 Å². The first kappa shape index (κ1) is 10.8. The predicted molar refractivity (Wildman–Crippen MR) is 60.9 cm³/mol. The maximum Gasteiger partial charge on any atom is 0.219 e. The number of benzene rings is 1. The van der Waals surface area contributed by atoms with Crippen LogP contribution in [0, 0.1) is 11.3 Å². The molecule has 1 aromatic heterocycles. The minimum absolute atomic E-state index is 0.405. The van der Waals surface area contributed by atoms with Gasteiger partial charge >= 0.3 is 0 Å². The van der Waals surface area contributed by atoms with E-state index in [1.54, 1.807) is 36.4 Å². The van der Waals surface area contributed by atoms with Gasteiger partial charge in [0.15, 0.2) is 0 Å². The number of rotatable bonds is 3. The molecule has 2 rings (SSSR count). The van der Waals surface area contributed by atoms with Gasteiger partial charge in [0.2, 0.25) is 5.88 Å². The van der Waals surface area contributed by atoms with Crippen LogP contribution in [0.4, 0.5) is 0 Å². The first-order chi connectivity index (χ1) is 8.31. The third-order valence-electron chi connectivity index (χ3n) is 2.10. The Labute approximate surface area is 98.1 Å². The molecule has 0 fully saturated rings. The zero-order valence-corrected chi connectivity index (χ0v) is 8.83. The van der Waals surface area contributed by atoms with E-state index in [0.29, 0.717) is 22.8 Å². The average molecular weight is 224 g/mol. The van der Waals surface area contributed by atoms with Crippen LogP contribution in [0.2, 0.25) is 0 Å². The summed E-state index contributed by atoms with van der Waals surface area (Å²) in [5, 5.41) is 8.61. The summed E-state index contributed by atoms with van der Waals surface area (Å²) >= 11 is 0. The Kier molecular flexibility index (Phi) is 3.13. The highest BCUT2D eigenvalue weighted by atomic mass is 16.5. The molecule has 4 heteroatoms.